The summed E-state index contributed by atoms with van der Waals surface area (Å²) < 4.78 is 11.1. The van der Waals surface area contributed by atoms with Crippen LogP contribution >= 0.6 is 11.6 Å². The molecule has 2 N–H and O–H groups in total. The SMILES string of the molecule is COc1cccc(Oc2ccc(Cl)cc2C(=O)NC(C)c2ccc(C(=O)O)cc2)c1. The molecular weight excluding hydrogens is 406 g/mol. The molecule has 1 unspecified atom stereocenters. The minimum atomic E-state index is -1.00. The van der Waals surface area contributed by atoms with E-state index in [9.17, 15) is 9.59 Å². The summed E-state index contributed by atoms with van der Waals surface area (Å²) >= 11 is 6.10. The Morgan fingerprint density at radius 2 is 1.70 bits per heavy atom. The standard InChI is InChI=1S/C23H20ClNO5/c1-14(15-6-8-16(9-7-15)23(27)28)25-22(26)20-12-17(24)10-11-21(20)30-19-5-3-4-18(13-19)29-2/h3-14H,1-2H3,(H,25,26)(H,27,28). The van der Waals surface area contributed by atoms with Crippen molar-refractivity contribution in [3.63, 3.8) is 0 Å². The molecule has 0 bridgehead atoms. The van der Waals surface area contributed by atoms with Crippen molar-refractivity contribution < 1.29 is 24.2 Å². The third-order valence-electron chi connectivity index (χ3n) is 4.46. The fourth-order valence-corrected chi connectivity index (χ4v) is 3.00. The van der Waals surface area contributed by atoms with Gasteiger partial charge in [-0.25, -0.2) is 4.79 Å². The molecule has 0 aliphatic carbocycles. The van der Waals surface area contributed by atoms with Gasteiger partial charge in [0.25, 0.3) is 5.91 Å². The fraction of sp³-hybridized carbons (Fsp3) is 0.130. The van der Waals surface area contributed by atoms with Crippen molar-refractivity contribution in [1.29, 1.82) is 0 Å². The van der Waals surface area contributed by atoms with Gasteiger partial charge in [0, 0.05) is 11.1 Å². The zero-order chi connectivity index (χ0) is 21.7. The molecular formula is C23H20ClNO5. The number of methoxy groups -OCH3 is 1. The van der Waals surface area contributed by atoms with Gasteiger partial charge in [0.1, 0.15) is 17.2 Å². The highest BCUT2D eigenvalue weighted by molar-refractivity contribution is 6.31. The van der Waals surface area contributed by atoms with Crippen LogP contribution in [0.4, 0.5) is 0 Å². The number of benzene rings is 3. The van der Waals surface area contributed by atoms with Crippen LogP contribution < -0.4 is 14.8 Å². The summed E-state index contributed by atoms with van der Waals surface area (Å²) in [6.45, 7) is 1.81. The van der Waals surface area contributed by atoms with E-state index in [1.807, 2.05) is 0 Å². The Morgan fingerprint density at radius 1 is 1.00 bits per heavy atom. The predicted octanol–water partition coefficient (Wildman–Crippen LogP) is 5.33. The fourth-order valence-electron chi connectivity index (χ4n) is 2.83. The van der Waals surface area contributed by atoms with Crippen LogP contribution in [0.3, 0.4) is 0 Å². The highest BCUT2D eigenvalue weighted by Crippen LogP contribution is 2.30. The Kier molecular flexibility index (Phi) is 6.59. The van der Waals surface area contributed by atoms with Crippen molar-refractivity contribution >= 4 is 23.5 Å². The van der Waals surface area contributed by atoms with Gasteiger partial charge in [-0.15, -0.1) is 0 Å². The van der Waals surface area contributed by atoms with Crippen LogP contribution in [0.5, 0.6) is 17.2 Å². The first kappa shape index (κ1) is 21.2. The van der Waals surface area contributed by atoms with E-state index in [1.165, 1.54) is 18.2 Å². The first-order valence-electron chi connectivity index (χ1n) is 9.13. The van der Waals surface area contributed by atoms with Crippen molar-refractivity contribution in [2.45, 2.75) is 13.0 Å². The monoisotopic (exact) mass is 425 g/mol. The molecule has 0 spiro atoms. The van der Waals surface area contributed by atoms with Crippen LogP contribution in [0.25, 0.3) is 0 Å². The Labute approximate surface area is 179 Å². The molecule has 0 aliphatic rings. The number of hydrogen-bond donors (Lipinski definition) is 2. The highest BCUT2D eigenvalue weighted by atomic mass is 35.5. The second-order valence-corrected chi connectivity index (χ2v) is 6.98. The van der Waals surface area contributed by atoms with Gasteiger partial charge in [-0.05, 0) is 55.0 Å². The molecule has 3 aromatic rings. The zero-order valence-electron chi connectivity index (χ0n) is 16.4. The van der Waals surface area contributed by atoms with Crippen molar-refractivity contribution in [3.05, 3.63) is 88.4 Å². The number of aromatic carboxylic acids is 1. The Bertz CT molecular complexity index is 1070. The zero-order valence-corrected chi connectivity index (χ0v) is 17.1. The van der Waals surface area contributed by atoms with Gasteiger partial charge in [0.2, 0.25) is 0 Å². The molecule has 0 fully saturated rings. The summed E-state index contributed by atoms with van der Waals surface area (Å²) in [6.07, 6.45) is 0. The molecule has 154 valence electrons. The molecule has 0 aliphatic heterocycles. The van der Waals surface area contributed by atoms with Crippen LogP contribution in [0.15, 0.2) is 66.7 Å². The number of carbonyl (C=O) groups excluding carboxylic acids is 1. The summed E-state index contributed by atoms with van der Waals surface area (Å²) in [7, 11) is 1.56. The lowest BCUT2D eigenvalue weighted by molar-refractivity contribution is 0.0696. The lowest BCUT2D eigenvalue weighted by Gasteiger charge is -2.17. The lowest BCUT2D eigenvalue weighted by Crippen LogP contribution is -2.27. The second-order valence-electron chi connectivity index (χ2n) is 6.54. The number of nitrogens with one attached hydrogen (secondary N) is 1. The summed E-state index contributed by atoms with van der Waals surface area (Å²) in [5.41, 5.74) is 1.23. The van der Waals surface area contributed by atoms with Crippen molar-refractivity contribution in [3.8, 4) is 17.2 Å². The Hall–Kier alpha value is -3.51. The number of carbonyl (C=O) groups is 2. The topological polar surface area (TPSA) is 84.9 Å². The van der Waals surface area contributed by atoms with Crippen LogP contribution in [0.2, 0.25) is 5.02 Å². The van der Waals surface area contributed by atoms with Crippen LogP contribution in [0, 0.1) is 0 Å². The maximum Gasteiger partial charge on any atom is 0.335 e. The average molecular weight is 426 g/mol. The third-order valence-corrected chi connectivity index (χ3v) is 4.70. The number of ether oxygens (including phenoxy) is 2. The van der Waals surface area contributed by atoms with Crippen molar-refractivity contribution in [2.24, 2.45) is 0 Å². The predicted molar refractivity (Wildman–Crippen MR) is 114 cm³/mol. The summed E-state index contributed by atoms with van der Waals surface area (Å²) in [5, 5.41) is 12.3. The quantitative estimate of drug-likeness (QED) is 0.534. The molecule has 7 heteroatoms. The van der Waals surface area contributed by atoms with E-state index in [0.29, 0.717) is 22.3 Å². The molecule has 6 nitrogen and oxygen atoms in total. The molecule has 3 rings (SSSR count). The maximum atomic E-state index is 12.9. The molecule has 0 saturated heterocycles. The Morgan fingerprint density at radius 3 is 2.37 bits per heavy atom. The van der Waals surface area contributed by atoms with Gasteiger partial charge in [-0.3, -0.25) is 4.79 Å². The molecule has 30 heavy (non-hydrogen) atoms. The lowest BCUT2D eigenvalue weighted by atomic mass is 10.1. The molecule has 1 atom stereocenters. The highest BCUT2D eigenvalue weighted by Gasteiger charge is 2.18. The number of carboxylic acid groups (broad SMARTS) is 1. The maximum absolute atomic E-state index is 12.9. The Balaban J connectivity index is 1.80. The number of rotatable bonds is 7. The number of carboxylic acids is 1. The van der Waals surface area contributed by atoms with Crippen LogP contribution in [0.1, 0.15) is 39.2 Å². The van der Waals surface area contributed by atoms with Crippen LogP contribution in [-0.2, 0) is 0 Å². The third kappa shape index (κ3) is 5.10. The van der Waals surface area contributed by atoms with Crippen LogP contribution in [-0.4, -0.2) is 24.1 Å². The summed E-state index contributed by atoms with van der Waals surface area (Å²) in [5.74, 6) is 0.120. The van der Waals surface area contributed by atoms with E-state index in [0.717, 1.165) is 5.56 Å². The van der Waals surface area contributed by atoms with Gasteiger partial charge in [-0.2, -0.15) is 0 Å². The van der Waals surface area contributed by atoms with Gasteiger partial charge in [0.15, 0.2) is 0 Å². The van der Waals surface area contributed by atoms with Gasteiger partial charge in [-0.1, -0.05) is 29.8 Å². The smallest absolute Gasteiger partial charge is 0.335 e. The summed E-state index contributed by atoms with van der Waals surface area (Å²) in [6, 6.07) is 17.8. The minimum Gasteiger partial charge on any atom is -0.497 e. The van der Waals surface area contributed by atoms with E-state index in [-0.39, 0.29) is 23.1 Å². The van der Waals surface area contributed by atoms with Gasteiger partial charge >= 0.3 is 5.97 Å². The molecule has 0 saturated carbocycles. The van der Waals surface area contributed by atoms with E-state index < -0.39 is 5.97 Å². The molecule has 3 aromatic carbocycles. The first-order valence-corrected chi connectivity index (χ1v) is 9.50. The number of hydrogen-bond acceptors (Lipinski definition) is 4. The first-order chi connectivity index (χ1) is 14.4. The van der Waals surface area contributed by atoms with Gasteiger partial charge < -0.3 is 19.9 Å². The van der Waals surface area contributed by atoms with E-state index in [4.69, 9.17) is 26.2 Å². The van der Waals surface area contributed by atoms with Gasteiger partial charge in [0.05, 0.1) is 24.3 Å². The van der Waals surface area contributed by atoms with Crippen molar-refractivity contribution in [2.75, 3.05) is 7.11 Å². The largest absolute Gasteiger partial charge is 0.497 e. The second kappa shape index (κ2) is 9.33. The van der Waals surface area contributed by atoms with E-state index >= 15 is 0 Å². The number of halogens is 1. The summed E-state index contributed by atoms with van der Waals surface area (Å²) in [4.78, 5) is 23.9. The van der Waals surface area contributed by atoms with E-state index in [1.54, 1.807) is 62.6 Å². The van der Waals surface area contributed by atoms with E-state index in [2.05, 4.69) is 5.32 Å². The van der Waals surface area contributed by atoms with Crippen molar-refractivity contribution in [1.82, 2.24) is 5.32 Å². The molecule has 1 amide bonds. The average Bonchev–Trinajstić information content (AvgIpc) is 2.75. The molecule has 0 heterocycles. The minimum absolute atomic E-state index is 0.182. The number of amides is 1. The molecule has 0 aromatic heterocycles. The normalized spacial score (nSPS) is 11.4. The molecule has 0 radical (unpaired) electrons.